The summed E-state index contributed by atoms with van der Waals surface area (Å²) in [5, 5.41) is 0. The highest BCUT2D eigenvalue weighted by atomic mass is 79.9. The smallest absolute Gasteiger partial charge is 0.267 e. The van der Waals surface area contributed by atoms with Crippen molar-refractivity contribution >= 4 is 21.8 Å². The maximum atomic E-state index is 12.3. The fourth-order valence-corrected chi connectivity index (χ4v) is 2.30. The van der Waals surface area contributed by atoms with Gasteiger partial charge >= 0.3 is 0 Å². The van der Waals surface area contributed by atoms with Crippen LogP contribution in [0.4, 0.5) is 0 Å². The van der Waals surface area contributed by atoms with E-state index in [4.69, 9.17) is 4.74 Å². The lowest BCUT2D eigenvalue weighted by Crippen LogP contribution is -2.48. The number of rotatable bonds is 2. The van der Waals surface area contributed by atoms with Crippen LogP contribution in [-0.2, 0) is 15.1 Å². The lowest BCUT2D eigenvalue weighted by Gasteiger charge is -2.40. The minimum Gasteiger partial charge on any atom is -0.476 e. The Balaban J connectivity index is 2.35. The molecule has 0 bridgehead atoms. The van der Waals surface area contributed by atoms with E-state index >= 15 is 0 Å². The predicted molar refractivity (Wildman–Crippen MR) is 73.9 cm³/mol. The number of carbonyl (C=O) groups is 1. The van der Waals surface area contributed by atoms with Crippen LogP contribution in [0.3, 0.4) is 0 Å². The van der Waals surface area contributed by atoms with Crippen molar-refractivity contribution in [1.82, 2.24) is 4.90 Å². The molecule has 18 heavy (non-hydrogen) atoms. The first kappa shape index (κ1) is 13.1. The Kier molecular flexibility index (Phi) is 3.48. The molecule has 0 radical (unpaired) electrons. The molecule has 96 valence electrons. The Morgan fingerprint density at radius 3 is 2.50 bits per heavy atom. The largest absolute Gasteiger partial charge is 0.476 e. The molecule has 4 heteroatoms. The summed E-state index contributed by atoms with van der Waals surface area (Å²) in [6.45, 7) is 6.10. The van der Waals surface area contributed by atoms with Crippen molar-refractivity contribution in [1.29, 1.82) is 0 Å². The molecule has 0 aromatic heterocycles. The molecule has 0 spiro atoms. The summed E-state index contributed by atoms with van der Waals surface area (Å²) in [7, 11) is 0. The zero-order valence-corrected chi connectivity index (χ0v) is 12.3. The van der Waals surface area contributed by atoms with E-state index in [1.54, 1.807) is 11.8 Å². The van der Waals surface area contributed by atoms with E-state index in [1.165, 1.54) is 0 Å². The van der Waals surface area contributed by atoms with Crippen molar-refractivity contribution in [2.24, 2.45) is 0 Å². The van der Waals surface area contributed by atoms with Gasteiger partial charge in [0.15, 0.2) is 6.73 Å². The van der Waals surface area contributed by atoms with Gasteiger partial charge in [0, 0.05) is 0 Å². The average molecular weight is 310 g/mol. The predicted octanol–water partition coefficient (Wildman–Crippen LogP) is 3.36. The minimum atomic E-state index is -0.405. The summed E-state index contributed by atoms with van der Waals surface area (Å²) < 4.78 is 6.02. The molecular weight excluding hydrogens is 294 g/mol. The van der Waals surface area contributed by atoms with Gasteiger partial charge in [-0.05, 0) is 42.3 Å². The molecule has 0 unspecified atom stereocenters. The summed E-state index contributed by atoms with van der Waals surface area (Å²) in [5.74, 6) is 0.604. The monoisotopic (exact) mass is 309 g/mol. The number of halogens is 1. The Bertz CT molecular complexity index is 494. The standard InChI is InChI=1S/C14H16BrNO2/c1-10-12(15)13(17)16(9-18-10)14(2,3)11-7-5-4-6-8-11/h4-8H,9H2,1-3H3. The first-order valence-corrected chi connectivity index (χ1v) is 6.60. The van der Waals surface area contributed by atoms with E-state index in [1.807, 2.05) is 44.2 Å². The molecule has 2 rings (SSSR count). The molecule has 1 aliphatic rings. The third-order valence-electron chi connectivity index (χ3n) is 3.31. The molecule has 0 aliphatic carbocycles. The number of amides is 1. The van der Waals surface area contributed by atoms with Gasteiger partial charge in [-0.3, -0.25) is 9.69 Å². The first-order chi connectivity index (χ1) is 8.44. The van der Waals surface area contributed by atoms with Gasteiger partial charge in [0.1, 0.15) is 10.2 Å². The molecule has 0 fully saturated rings. The highest BCUT2D eigenvalue weighted by Crippen LogP contribution is 2.33. The molecule has 1 amide bonds. The second kappa shape index (κ2) is 4.76. The SMILES string of the molecule is CC1=C(Br)C(=O)N(C(C)(C)c2ccccc2)CO1. The van der Waals surface area contributed by atoms with Crippen molar-refractivity contribution in [3.8, 4) is 0 Å². The van der Waals surface area contributed by atoms with E-state index in [0.29, 0.717) is 10.2 Å². The van der Waals surface area contributed by atoms with Gasteiger partial charge in [0.05, 0.1) is 5.54 Å². The van der Waals surface area contributed by atoms with Crippen LogP contribution in [0.15, 0.2) is 40.6 Å². The van der Waals surface area contributed by atoms with E-state index in [-0.39, 0.29) is 12.6 Å². The van der Waals surface area contributed by atoms with Gasteiger partial charge in [-0.1, -0.05) is 30.3 Å². The van der Waals surface area contributed by atoms with Crippen molar-refractivity contribution in [2.45, 2.75) is 26.3 Å². The zero-order chi connectivity index (χ0) is 13.3. The van der Waals surface area contributed by atoms with Crippen molar-refractivity contribution in [2.75, 3.05) is 6.73 Å². The Morgan fingerprint density at radius 1 is 1.28 bits per heavy atom. The zero-order valence-electron chi connectivity index (χ0n) is 10.7. The summed E-state index contributed by atoms with van der Waals surface area (Å²) in [6.07, 6.45) is 0. The number of hydrogen-bond acceptors (Lipinski definition) is 2. The van der Waals surface area contributed by atoms with Crippen molar-refractivity contribution < 1.29 is 9.53 Å². The van der Waals surface area contributed by atoms with Gasteiger partial charge in [-0.2, -0.15) is 0 Å². The number of hydrogen-bond donors (Lipinski definition) is 0. The number of carbonyl (C=O) groups excluding carboxylic acids is 1. The van der Waals surface area contributed by atoms with E-state index in [9.17, 15) is 4.79 Å². The lowest BCUT2D eigenvalue weighted by molar-refractivity contribution is -0.141. The third kappa shape index (κ3) is 2.17. The Labute approximate surface area is 116 Å². The fourth-order valence-electron chi connectivity index (χ4n) is 1.97. The van der Waals surface area contributed by atoms with E-state index < -0.39 is 5.54 Å². The van der Waals surface area contributed by atoms with Gasteiger partial charge in [-0.15, -0.1) is 0 Å². The molecule has 0 saturated heterocycles. The highest BCUT2D eigenvalue weighted by Gasteiger charge is 2.37. The fraction of sp³-hybridized carbons (Fsp3) is 0.357. The van der Waals surface area contributed by atoms with Gasteiger partial charge in [0.2, 0.25) is 0 Å². The number of allylic oxidation sites excluding steroid dienone is 1. The van der Waals surface area contributed by atoms with Crippen molar-refractivity contribution in [3.05, 3.63) is 46.1 Å². The molecule has 3 nitrogen and oxygen atoms in total. The van der Waals surface area contributed by atoms with Crippen LogP contribution in [0.1, 0.15) is 26.3 Å². The molecule has 0 N–H and O–H groups in total. The maximum absolute atomic E-state index is 12.3. The van der Waals surface area contributed by atoms with Crippen LogP contribution < -0.4 is 0 Å². The molecule has 1 heterocycles. The van der Waals surface area contributed by atoms with Gasteiger partial charge < -0.3 is 4.74 Å². The second-order valence-corrected chi connectivity index (χ2v) is 5.59. The quantitative estimate of drug-likeness (QED) is 0.838. The number of nitrogens with zero attached hydrogens (tertiary/aromatic N) is 1. The van der Waals surface area contributed by atoms with Crippen LogP contribution in [0.25, 0.3) is 0 Å². The minimum absolute atomic E-state index is 0.0346. The molecule has 1 aromatic rings. The van der Waals surface area contributed by atoms with Crippen LogP contribution in [0.2, 0.25) is 0 Å². The van der Waals surface area contributed by atoms with Crippen LogP contribution in [0.5, 0.6) is 0 Å². The molecule has 1 aromatic carbocycles. The third-order valence-corrected chi connectivity index (χ3v) is 4.20. The summed E-state index contributed by atoms with van der Waals surface area (Å²) in [5.41, 5.74) is 0.680. The first-order valence-electron chi connectivity index (χ1n) is 5.81. The molecule has 0 atom stereocenters. The molecule has 1 aliphatic heterocycles. The second-order valence-electron chi connectivity index (χ2n) is 4.80. The highest BCUT2D eigenvalue weighted by molar-refractivity contribution is 9.12. The summed E-state index contributed by atoms with van der Waals surface area (Å²) in [4.78, 5) is 14.0. The average Bonchev–Trinajstić information content (AvgIpc) is 2.37. The maximum Gasteiger partial charge on any atom is 0.267 e. The topological polar surface area (TPSA) is 29.5 Å². The van der Waals surface area contributed by atoms with Gasteiger partial charge in [0.25, 0.3) is 5.91 Å². The van der Waals surface area contributed by atoms with E-state index in [2.05, 4.69) is 15.9 Å². The number of ether oxygens (including phenoxy) is 1. The molecule has 0 saturated carbocycles. The van der Waals surface area contributed by atoms with Crippen molar-refractivity contribution in [3.63, 3.8) is 0 Å². The summed E-state index contributed by atoms with van der Waals surface area (Å²) in [6, 6.07) is 9.96. The van der Waals surface area contributed by atoms with Gasteiger partial charge in [-0.25, -0.2) is 0 Å². The Morgan fingerprint density at radius 2 is 1.89 bits per heavy atom. The Hall–Kier alpha value is -1.29. The lowest BCUT2D eigenvalue weighted by atomic mass is 9.92. The normalized spacial score (nSPS) is 16.9. The van der Waals surface area contributed by atoms with Crippen LogP contribution in [0, 0.1) is 0 Å². The van der Waals surface area contributed by atoms with Crippen LogP contribution in [-0.4, -0.2) is 17.5 Å². The number of benzene rings is 1. The van der Waals surface area contributed by atoms with Crippen LogP contribution >= 0.6 is 15.9 Å². The molecular formula is C14H16BrNO2. The van der Waals surface area contributed by atoms with E-state index in [0.717, 1.165) is 5.56 Å². The summed E-state index contributed by atoms with van der Waals surface area (Å²) >= 11 is 3.29.